The van der Waals surface area contributed by atoms with Gasteiger partial charge in [0.05, 0.1) is 7.11 Å². The van der Waals surface area contributed by atoms with Crippen LogP contribution in [0.25, 0.3) is 0 Å². The van der Waals surface area contributed by atoms with Crippen molar-refractivity contribution in [2.45, 2.75) is 6.23 Å². The van der Waals surface area contributed by atoms with Gasteiger partial charge in [0.15, 0.2) is 5.88 Å². The second-order valence-electron chi connectivity index (χ2n) is 1.92. The minimum Gasteiger partial charge on any atom is -0.482 e. The van der Waals surface area contributed by atoms with Gasteiger partial charge in [-0.05, 0) is 12.2 Å². The second-order valence-corrected chi connectivity index (χ2v) is 1.92. The maximum atomic E-state index is 5.00. The van der Waals surface area contributed by atoms with Crippen LogP contribution in [0, 0.1) is 0 Å². The molecule has 0 radical (unpaired) electrons. The van der Waals surface area contributed by atoms with Crippen LogP contribution in [0.3, 0.4) is 0 Å². The average Bonchev–Trinajstić information content (AvgIpc) is 2.05. The molecule has 0 saturated heterocycles. The first-order valence-corrected chi connectivity index (χ1v) is 3.08. The highest BCUT2D eigenvalue weighted by Gasteiger charge is 2.06. The molecule has 1 aliphatic rings. The number of ether oxygens (including phenoxy) is 2. The van der Waals surface area contributed by atoms with Gasteiger partial charge >= 0.3 is 0 Å². The molecule has 3 heteroatoms. The molecule has 0 spiro atoms. The highest BCUT2D eigenvalue weighted by atomic mass is 16.5. The summed E-state index contributed by atoms with van der Waals surface area (Å²) in [5, 5.41) is 2.98. The van der Waals surface area contributed by atoms with Crippen LogP contribution < -0.4 is 5.32 Å². The molecule has 1 rings (SSSR count). The van der Waals surface area contributed by atoms with Crippen molar-refractivity contribution < 1.29 is 9.47 Å². The molecule has 56 valence electrons. The molecule has 1 aliphatic heterocycles. The highest BCUT2D eigenvalue weighted by Crippen LogP contribution is 2.02. The molecule has 0 saturated carbocycles. The zero-order valence-corrected chi connectivity index (χ0v) is 6.13. The fraction of sp³-hybridized carbons (Fsp3) is 0.429. The van der Waals surface area contributed by atoms with E-state index in [1.807, 2.05) is 18.2 Å². The fourth-order valence-corrected chi connectivity index (χ4v) is 0.745. The van der Waals surface area contributed by atoms with Crippen LogP contribution in [0.5, 0.6) is 0 Å². The average molecular weight is 141 g/mol. The summed E-state index contributed by atoms with van der Waals surface area (Å²) in [5.74, 6) is 0.731. The van der Waals surface area contributed by atoms with Gasteiger partial charge in [0.1, 0.15) is 6.23 Å². The van der Waals surface area contributed by atoms with E-state index in [9.17, 15) is 0 Å². The standard InChI is InChI=1S/C7H11NO2/c1-9-6-4-3-5-7(8-6)10-2/h3-6,8H,1-2H3. The first-order chi connectivity index (χ1) is 4.86. The third-order valence-electron chi connectivity index (χ3n) is 1.29. The summed E-state index contributed by atoms with van der Waals surface area (Å²) in [4.78, 5) is 0. The summed E-state index contributed by atoms with van der Waals surface area (Å²) in [6, 6.07) is 0. The molecule has 0 aromatic carbocycles. The van der Waals surface area contributed by atoms with Gasteiger partial charge in [0, 0.05) is 7.11 Å². The summed E-state index contributed by atoms with van der Waals surface area (Å²) in [5.41, 5.74) is 0. The van der Waals surface area contributed by atoms with Gasteiger partial charge in [-0.1, -0.05) is 6.08 Å². The SMILES string of the molecule is COC1=CC=CC(OC)N1. The highest BCUT2D eigenvalue weighted by molar-refractivity contribution is 5.14. The van der Waals surface area contributed by atoms with E-state index in [1.54, 1.807) is 14.2 Å². The zero-order valence-electron chi connectivity index (χ0n) is 6.13. The predicted molar refractivity (Wildman–Crippen MR) is 38.2 cm³/mol. The Morgan fingerprint density at radius 3 is 2.90 bits per heavy atom. The van der Waals surface area contributed by atoms with E-state index in [0.29, 0.717) is 0 Å². The molecule has 0 fully saturated rings. The Morgan fingerprint density at radius 1 is 1.50 bits per heavy atom. The fourth-order valence-electron chi connectivity index (χ4n) is 0.745. The molecular weight excluding hydrogens is 130 g/mol. The van der Waals surface area contributed by atoms with Crippen LogP contribution in [0.4, 0.5) is 0 Å². The summed E-state index contributed by atoms with van der Waals surface area (Å²) in [7, 11) is 3.26. The van der Waals surface area contributed by atoms with E-state index in [2.05, 4.69) is 5.32 Å². The molecule has 0 aliphatic carbocycles. The number of nitrogens with one attached hydrogen (secondary N) is 1. The maximum absolute atomic E-state index is 5.00. The van der Waals surface area contributed by atoms with Crippen LogP contribution in [0.15, 0.2) is 24.1 Å². The van der Waals surface area contributed by atoms with Gasteiger partial charge < -0.3 is 14.8 Å². The van der Waals surface area contributed by atoms with E-state index < -0.39 is 0 Å². The molecule has 1 heterocycles. The molecular formula is C7H11NO2. The number of hydrogen-bond acceptors (Lipinski definition) is 3. The Hall–Kier alpha value is -0.960. The Balaban J connectivity index is 2.50. The van der Waals surface area contributed by atoms with Crippen molar-refractivity contribution in [2.75, 3.05) is 14.2 Å². The van der Waals surface area contributed by atoms with Crippen LogP contribution in [-0.4, -0.2) is 20.4 Å². The lowest BCUT2D eigenvalue weighted by molar-refractivity contribution is 0.0967. The van der Waals surface area contributed by atoms with Crippen molar-refractivity contribution in [3.63, 3.8) is 0 Å². The normalized spacial score (nSPS) is 23.4. The number of allylic oxidation sites excluding steroid dienone is 2. The third-order valence-corrected chi connectivity index (χ3v) is 1.29. The van der Waals surface area contributed by atoms with Gasteiger partial charge in [-0.15, -0.1) is 0 Å². The number of hydrogen-bond donors (Lipinski definition) is 1. The summed E-state index contributed by atoms with van der Waals surface area (Å²) in [6.45, 7) is 0. The predicted octanol–water partition coefficient (Wildman–Crippen LogP) is 0.606. The lowest BCUT2D eigenvalue weighted by Gasteiger charge is -2.18. The molecule has 1 atom stereocenters. The topological polar surface area (TPSA) is 30.5 Å². The lowest BCUT2D eigenvalue weighted by Crippen LogP contribution is -2.30. The summed E-state index contributed by atoms with van der Waals surface area (Å²) in [6.07, 6.45) is 5.58. The smallest absolute Gasteiger partial charge is 0.188 e. The van der Waals surface area contributed by atoms with Crippen molar-refractivity contribution in [3.05, 3.63) is 24.1 Å². The van der Waals surface area contributed by atoms with Crippen molar-refractivity contribution in [1.82, 2.24) is 5.32 Å². The summed E-state index contributed by atoms with van der Waals surface area (Å²) < 4.78 is 9.95. The van der Waals surface area contributed by atoms with Gasteiger partial charge in [-0.25, -0.2) is 0 Å². The Bertz CT molecular complexity index is 163. The quantitative estimate of drug-likeness (QED) is 0.611. The van der Waals surface area contributed by atoms with Crippen LogP contribution in [0.1, 0.15) is 0 Å². The largest absolute Gasteiger partial charge is 0.482 e. The van der Waals surface area contributed by atoms with Gasteiger partial charge in [-0.2, -0.15) is 0 Å². The van der Waals surface area contributed by atoms with Crippen molar-refractivity contribution in [1.29, 1.82) is 0 Å². The summed E-state index contributed by atoms with van der Waals surface area (Å²) >= 11 is 0. The van der Waals surface area contributed by atoms with E-state index in [0.717, 1.165) is 5.88 Å². The molecule has 0 aromatic heterocycles. The first kappa shape index (κ1) is 7.15. The molecule has 0 aromatic rings. The van der Waals surface area contributed by atoms with E-state index in [1.165, 1.54) is 0 Å². The zero-order chi connectivity index (χ0) is 7.40. The maximum Gasteiger partial charge on any atom is 0.188 e. The first-order valence-electron chi connectivity index (χ1n) is 3.08. The van der Waals surface area contributed by atoms with E-state index >= 15 is 0 Å². The Morgan fingerprint density at radius 2 is 2.30 bits per heavy atom. The molecule has 0 bridgehead atoms. The molecule has 10 heavy (non-hydrogen) atoms. The lowest BCUT2D eigenvalue weighted by atomic mass is 10.3. The molecule has 1 N–H and O–H groups in total. The van der Waals surface area contributed by atoms with Crippen molar-refractivity contribution in [2.24, 2.45) is 0 Å². The Kier molecular flexibility index (Phi) is 2.34. The monoisotopic (exact) mass is 141 g/mol. The van der Waals surface area contributed by atoms with Crippen LogP contribution in [-0.2, 0) is 9.47 Å². The minimum absolute atomic E-state index is 0.0556. The van der Waals surface area contributed by atoms with Gasteiger partial charge in [0.2, 0.25) is 0 Å². The second kappa shape index (κ2) is 3.27. The van der Waals surface area contributed by atoms with Crippen LogP contribution >= 0.6 is 0 Å². The minimum atomic E-state index is -0.0556. The number of dihydropyridines is 1. The molecule has 0 amide bonds. The third kappa shape index (κ3) is 1.51. The number of methoxy groups -OCH3 is 2. The molecule has 3 nitrogen and oxygen atoms in total. The number of rotatable bonds is 2. The van der Waals surface area contributed by atoms with E-state index in [4.69, 9.17) is 9.47 Å². The van der Waals surface area contributed by atoms with E-state index in [-0.39, 0.29) is 6.23 Å². The van der Waals surface area contributed by atoms with Crippen LogP contribution in [0.2, 0.25) is 0 Å². The van der Waals surface area contributed by atoms with Crippen molar-refractivity contribution >= 4 is 0 Å². The van der Waals surface area contributed by atoms with Crippen molar-refractivity contribution in [3.8, 4) is 0 Å². The van der Waals surface area contributed by atoms with Gasteiger partial charge in [0.25, 0.3) is 0 Å². The Labute approximate surface area is 60.3 Å². The van der Waals surface area contributed by atoms with Gasteiger partial charge in [-0.3, -0.25) is 0 Å². The molecule has 1 unspecified atom stereocenters.